The molecular formula is C20H14N2O2S3. The molecule has 27 heavy (non-hydrogen) atoms. The van der Waals surface area contributed by atoms with Gasteiger partial charge in [0.2, 0.25) is 5.78 Å². The molecule has 1 atom stereocenters. The molecule has 4 nitrogen and oxygen atoms in total. The Morgan fingerprint density at radius 2 is 1.74 bits per heavy atom. The third-order valence-electron chi connectivity index (χ3n) is 3.79. The Balaban J connectivity index is 1.61. The molecule has 0 radical (unpaired) electrons. The van der Waals surface area contributed by atoms with Crippen molar-refractivity contribution in [1.82, 2.24) is 10.3 Å². The van der Waals surface area contributed by atoms with Crippen LogP contribution in [0.25, 0.3) is 10.2 Å². The third kappa shape index (κ3) is 4.10. The maximum absolute atomic E-state index is 12.9. The summed E-state index contributed by atoms with van der Waals surface area (Å²) in [5.41, 5.74) is 1.41. The van der Waals surface area contributed by atoms with Crippen molar-refractivity contribution in [3.63, 3.8) is 0 Å². The van der Waals surface area contributed by atoms with Gasteiger partial charge in [0.1, 0.15) is 5.37 Å². The number of thiophene rings is 1. The summed E-state index contributed by atoms with van der Waals surface area (Å²) < 4.78 is 1.80. The number of hydrogen-bond donors (Lipinski definition) is 1. The molecule has 0 saturated carbocycles. The summed E-state index contributed by atoms with van der Waals surface area (Å²) in [4.78, 5) is 30.7. The number of carbonyl (C=O) groups excluding carboxylic acids is 2. The van der Waals surface area contributed by atoms with Gasteiger partial charge in [0, 0.05) is 5.56 Å². The fraction of sp³-hybridized carbons (Fsp3) is 0.0500. The van der Waals surface area contributed by atoms with Crippen molar-refractivity contribution in [3.05, 3.63) is 82.6 Å². The number of thioether (sulfide) groups is 1. The lowest BCUT2D eigenvalue weighted by atomic mass is 10.2. The normalized spacial score (nSPS) is 12.0. The summed E-state index contributed by atoms with van der Waals surface area (Å²) >= 11 is 4.16. The molecule has 2 aromatic heterocycles. The largest absolute Gasteiger partial charge is 0.333 e. The lowest BCUT2D eigenvalue weighted by molar-refractivity contribution is 0.0894. The molecule has 1 N–H and O–H groups in total. The Morgan fingerprint density at radius 3 is 2.48 bits per heavy atom. The second-order valence-corrected chi connectivity index (χ2v) is 8.96. The molecular weight excluding hydrogens is 396 g/mol. The summed E-state index contributed by atoms with van der Waals surface area (Å²) in [6, 6.07) is 20.3. The lowest BCUT2D eigenvalue weighted by Crippen LogP contribution is -2.38. The van der Waals surface area contributed by atoms with Crippen LogP contribution in [0.3, 0.4) is 0 Å². The molecule has 0 aliphatic carbocycles. The second kappa shape index (κ2) is 8.04. The van der Waals surface area contributed by atoms with Crippen molar-refractivity contribution >= 4 is 56.3 Å². The molecule has 7 heteroatoms. The van der Waals surface area contributed by atoms with Crippen LogP contribution < -0.4 is 5.32 Å². The molecule has 2 aromatic carbocycles. The number of Topliss-reactive ketones (excluding diaryl/α,β-unsaturated/α-hetero) is 1. The van der Waals surface area contributed by atoms with Crippen molar-refractivity contribution in [3.8, 4) is 0 Å². The van der Waals surface area contributed by atoms with Gasteiger partial charge in [-0.15, -0.1) is 22.7 Å². The highest BCUT2D eigenvalue weighted by Crippen LogP contribution is 2.33. The summed E-state index contributed by atoms with van der Waals surface area (Å²) in [7, 11) is 0. The number of amides is 1. The van der Waals surface area contributed by atoms with E-state index >= 15 is 0 Å². The standard InChI is InChI=1S/C20H14N2O2S3/c23-17(16-11-6-12-25-16)19(22-18(24)13-7-2-1-3-8-13)27-20-21-14-9-4-5-10-15(14)26-20/h1-12,19H,(H,22,24)/t19-/m1/s1. The van der Waals surface area contributed by atoms with Gasteiger partial charge in [-0.3, -0.25) is 9.59 Å². The Labute approximate surface area is 168 Å². The van der Waals surface area contributed by atoms with Crippen LogP contribution in [0.15, 0.2) is 76.4 Å². The van der Waals surface area contributed by atoms with Gasteiger partial charge in [-0.1, -0.05) is 48.2 Å². The molecule has 4 aromatic rings. The van der Waals surface area contributed by atoms with Crippen molar-refractivity contribution in [1.29, 1.82) is 0 Å². The van der Waals surface area contributed by atoms with Crippen LogP contribution in [0.4, 0.5) is 0 Å². The fourth-order valence-corrected chi connectivity index (χ4v) is 5.46. The molecule has 0 aliphatic rings. The van der Waals surface area contributed by atoms with Gasteiger partial charge >= 0.3 is 0 Å². The van der Waals surface area contributed by atoms with E-state index in [1.54, 1.807) is 30.3 Å². The first-order valence-electron chi connectivity index (χ1n) is 8.16. The number of carbonyl (C=O) groups is 2. The number of thiazole rings is 1. The number of hydrogen-bond acceptors (Lipinski definition) is 6. The number of nitrogens with zero attached hydrogens (tertiary/aromatic N) is 1. The Bertz CT molecular complexity index is 1040. The van der Waals surface area contributed by atoms with Gasteiger partial charge in [-0.05, 0) is 35.7 Å². The lowest BCUT2D eigenvalue weighted by Gasteiger charge is -2.15. The van der Waals surface area contributed by atoms with E-state index in [1.807, 2.05) is 41.8 Å². The number of rotatable bonds is 6. The van der Waals surface area contributed by atoms with Crippen molar-refractivity contribution in [2.75, 3.05) is 0 Å². The number of nitrogens with one attached hydrogen (secondary N) is 1. The van der Waals surface area contributed by atoms with Crippen LogP contribution in [0.5, 0.6) is 0 Å². The van der Waals surface area contributed by atoms with Crippen molar-refractivity contribution in [2.45, 2.75) is 9.71 Å². The summed E-state index contributed by atoms with van der Waals surface area (Å²) in [5.74, 6) is -0.405. The Morgan fingerprint density at radius 1 is 0.963 bits per heavy atom. The van der Waals surface area contributed by atoms with E-state index in [-0.39, 0.29) is 11.7 Å². The summed E-state index contributed by atoms with van der Waals surface area (Å²) in [5, 5.41) is 3.98. The molecule has 0 bridgehead atoms. The summed E-state index contributed by atoms with van der Waals surface area (Å²) in [6.45, 7) is 0. The second-order valence-electron chi connectivity index (χ2n) is 5.63. The quantitative estimate of drug-likeness (QED) is 0.273. The van der Waals surface area contributed by atoms with E-state index in [1.165, 1.54) is 34.4 Å². The van der Waals surface area contributed by atoms with Gasteiger partial charge in [0.05, 0.1) is 15.1 Å². The van der Waals surface area contributed by atoms with E-state index in [2.05, 4.69) is 10.3 Å². The predicted molar refractivity (Wildman–Crippen MR) is 112 cm³/mol. The highest BCUT2D eigenvalue weighted by molar-refractivity contribution is 8.02. The van der Waals surface area contributed by atoms with Crippen molar-refractivity contribution < 1.29 is 9.59 Å². The monoisotopic (exact) mass is 410 g/mol. The van der Waals surface area contributed by atoms with Gasteiger partial charge < -0.3 is 5.32 Å². The Kier molecular flexibility index (Phi) is 5.33. The molecule has 1 amide bonds. The average Bonchev–Trinajstić information content (AvgIpc) is 3.37. The third-order valence-corrected chi connectivity index (χ3v) is 6.91. The molecule has 4 rings (SSSR count). The van der Waals surface area contributed by atoms with E-state index in [9.17, 15) is 9.59 Å². The number of ketones is 1. The van der Waals surface area contributed by atoms with Gasteiger partial charge in [-0.25, -0.2) is 4.98 Å². The van der Waals surface area contributed by atoms with Crippen LogP contribution in [0.1, 0.15) is 20.0 Å². The van der Waals surface area contributed by atoms with E-state index < -0.39 is 5.37 Å². The minimum atomic E-state index is -0.739. The molecule has 0 aliphatic heterocycles. The minimum absolute atomic E-state index is 0.126. The first-order chi connectivity index (χ1) is 13.2. The van der Waals surface area contributed by atoms with Crippen LogP contribution >= 0.6 is 34.4 Å². The predicted octanol–water partition coefficient (Wildman–Crippen LogP) is 5.09. The number of para-hydroxylation sites is 1. The molecule has 134 valence electrons. The SMILES string of the molecule is O=C(N[C@H](Sc1nc2ccccc2s1)C(=O)c1cccs1)c1ccccc1. The van der Waals surface area contributed by atoms with Crippen LogP contribution in [-0.2, 0) is 0 Å². The summed E-state index contributed by atoms with van der Waals surface area (Å²) in [6.07, 6.45) is 0. The van der Waals surface area contributed by atoms with Gasteiger partial charge in [-0.2, -0.15) is 0 Å². The van der Waals surface area contributed by atoms with Gasteiger partial charge in [0.25, 0.3) is 5.91 Å². The van der Waals surface area contributed by atoms with Crippen molar-refractivity contribution in [2.24, 2.45) is 0 Å². The zero-order valence-corrected chi connectivity index (χ0v) is 16.4. The number of aromatic nitrogens is 1. The maximum atomic E-state index is 12.9. The number of fused-ring (bicyclic) bond motifs is 1. The highest BCUT2D eigenvalue weighted by atomic mass is 32.2. The van der Waals surface area contributed by atoms with E-state index in [0.717, 1.165) is 14.6 Å². The maximum Gasteiger partial charge on any atom is 0.252 e. The van der Waals surface area contributed by atoms with E-state index in [4.69, 9.17) is 0 Å². The first kappa shape index (κ1) is 17.9. The zero-order valence-electron chi connectivity index (χ0n) is 14.0. The highest BCUT2D eigenvalue weighted by Gasteiger charge is 2.26. The average molecular weight is 411 g/mol. The fourth-order valence-electron chi connectivity index (χ4n) is 2.49. The molecule has 0 fully saturated rings. The van der Waals surface area contributed by atoms with Gasteiger partial charge in [0.15, 0.2) is 4.34 Å². The molecule has 2 heterocycles. The first-order valence-corrected chi connectivity index (χ1v) is 10.7. The molecule has 0 unspecified atom stereocenters. The van der Waals surface area contributed by atoms with Crippen LogP contribution in [0, 0.1) is 0 Å². The smallest absolute Gasteiger partial charge is 0.252 e. The number of benzene rings is 2. The van der Waals surface area contributed by atoms with Crippen LogP contribution in [-0.4, -0.2) is 22.0 Å². The molecule has 0 saturated heterocycles. The molecule has 0 spiro atoms. The van der Waals surface area contributed by atoms with E-state index in [0.29, 0.717) is 10.4 Å². The topological polar surface area (TPSA) is 59.1 Å². The van der Waals surface area contributed by atoms with Crippen LogP contribution in [0.2, 0.25) is 0 Å². The Hall–Kier alpha value is -2.48. The zero-order chi connectivity index (χ0) is 18.6. The minimum Gasteiger partial charge on any atom is -0.333 e.